The van der Waals surface area contributed by atoms with Crippen LogP contribution in [0.25, 0.3) is 0 Å². The third kappa shape index (κ3) is 3.00. The molecule has 32 heavy (non-hydrogen) atoms. The van der Waals surface area contributed by atoms with Gasteiger partial charge in [-0.05, 0) is 73.1 Å². The Hall–Kier alpha value is -2.44. The van der Waals surface area contributed by atoms with Gasteiger partial charge in [0.1, 0.15) is 5.60 Å². The van der Waals surface area contributed by atoms with E-state index in [-0.39, 0.29) is 22.9 Å². The number of Topliss-reactive ketones (excluding diaryl/α,β-unsaturated/α-hetero) is 1. The molecule has 0 aromatic heterocycles. The van der Waals surface area contributed by atoms with E-state index in [1.54, 1.807) is 0 Å². The van der Waals surface area contributed by atoms with Crippen LogP contribution in [0.15, 0.2) is 47.1 Å². The Kier molecular flexibility index (Phi) is 5.06. The first-order chi connectivity index (χ1) is 15.3. The lowest BCUT2D eigenvalue weighted by molar-refractivity contribution is -0.114. The van der Waals surface area contributed by atoms with Gasteiger partial charge in [-0.25, -0.2) is 0 Å². The van der Waals surface area contributed by atoms with E-state index in [0.717, 1.165) is 37.7 Å². The highest BCUT2D eigenvalue weighted by Gasteiger charge is 2.62. The lowest BCUT2D eigenvalue weighted by atomic mass is 9.51. The zero-order chi connectivity index (χ0) is 22.7. The third-order valence-electron chi connectivity index (χ3n) is 9.08. The quantitative estimate of drug-likeness (QED) is 0.508. The molecule has 5 rings (SSSR count). The normalized spacial score (nSPS) is 36.0. The van der Waals surface area contributed by atoms with Crippen LogP contribution in [-0.2, 0) is 4.79 Å². The summed E-state index contributed by atoms with van der Waals surface area (Å²) in [4.78, 5) is 24.3. The van der Waals surface area contributed by atoms with E-state index in [2.05, 4.69) is 25.0 Å². The van der Waals surface area contributed by atoms with E-state index in [9.17, 15) is 14.7 Å². The van der Waals surface area contributed by atoms with Crippen LogP contribution < -0.4 is 0 Å². The van der Waals surface area contributed by atoms with Gasteiger partial charge in [-0.3, -0.25) is 9.59 Å². The van der Waals surface area contributed by atoms with Crippen LogP contribution in [0.4, 0.5) is 0 Å². The van der Waals surface area contributed by atoms with Crippen molar-refractivity contribution in [3.63, 3.8) is 0 Å². The van der Waals surface area contributed by atoms with Crippen molar-refractivity contribution in [3.8, 4) is 12.3 Å². The molecule has 3 nitrogen and oxygen atoms in total. The molecule has 5 atom stereocenters. The minimum Gasteiger partial charge on any atom is -0.377 e. The molecular formula is C29H32O3. The Morgan fingerprint density at radius 3 is 2.62 bits per heavy atom. The molecule has 4 aliphatic carbocycles. The van der Waals surface area contributed by atoms with Gasteiger partial charge in [-0.2, -0.15) is 0 Å². The summed E-state index contributed by atoms with van der Waals surface area (Å²) < 4.78 is 0. The van der Waals surface area contributed by atoms with Gasteiger partial charge in [-0.15, -0.1) is 6.42 Å². The molecule has 1 aromatic rings. The average Bonchev–Trinajstić information content (AvgIpc) is 3.08. The number of ketones is 2. The highest BCUT2D eigenvalue weighted by molar-refractivity contribution is 5.96. The van der Waals surface area contributed by atoms with Crippen LogP contribution in [0, 0.1) is 29.6 Å². The smallest absolute Gasteiger partial charge is 0.162 e. The summed E-state index contributed by atoms with van der Waals surface area (Å²) in [7, 11) is 0. The van der Waals surface area contributed by atoms with Crippen molar-refractivity contribution in [2.75, 3.05) is 0 Å². The molecule has 1 aromatic carbocycles. The van der Waals surface area contributed by atoms with Gasteiger partial charge in [0.05, 0.1) is 0 Å². The van der Waals surface area contributed by atoms with Crippen LogP contribution >= 0.6 is 0 Å². The van der Waals surface area contributed by atoms with E-state index < -0.39 is 5.60 Å². The van der Waals surface area contributed by atoms with Crippen molar-refractivity contribution in [2.45, 2.75) is 76.7 Å². The first-order valence-corrected chi connectivity index (χ1v) is 12.1. The Morgan fingerprint density at radius 1 is 1.19 bits per heavy atom. The molecule has 3 heteroatoms. The standard InChI is InChI=1S/C29H32O3/c1-4-26(31)19-8-6-18(7-9-19)24-17-28(3)25(14-15-29(28,32)5-2)23-12-10-20-16-21(30)11-13-22(20)27(23)24/h2,6-9,16,23-25,32H,4,10-15,17H2,1,3H3/t23-,24+,25-,28-,29-/m0/s1. The van der Waals surface area contributed by atoms with E-state index in [1.165, 1.54) is 22.3 Å². The second-order valence-corrected chi connectivity index (χ2v) is 10.4. The summed E-state index contributed by atoms with van der Waals surface area (Å²) in [6, 6.07) is 8.08. The van der Waals surface area contributed by atoms with Crippen LogP contribution in [0.2, 0.25) is 0 Å². The molecular weight excluding hydrogens is 396 g/mol. The lowest BCUT2D eigenvalue weighted by Gasteiger charge is -2.53. The van der Waals surface area contributed by atoms with Crippen molar-refractivity contribution in [1.82, 2.24) is 0 Å². The van der Waals surface area contributed by atoms with Crippen LogP contribution in [-0.4, -0.2) is 22.3 Å². The predicted octanol–water partition coefficient (Wildman–Crippen LogP) is 5.54. The van der Waals surface area contributed by atoms with Gasteiger partial charge in [-0.1, -0.05) is 49.6 Å². The molecule has 0 aliphatic heterocycles. The largest absolute Gasteiger partial charge is 0.377 e. The fourth-order valence-electron chi connectivity index (χ4n) is 7.31. The molecule has 0 radical (unpaired) electrons. The number of allylic oxidation sites excluding steroid dienone is 4. The van der Waals surface area contributed by atoms with Crippen molar-refractivity contribution < 1.29 is 14.7 Å². The van der Waals surface area contributed by atoms with E-state index in [0.29, 0.717) is 31.1 Å². The van der Waals surface area contributed by atoms with Crippen molar-refractivity contribution in [1.29, 1.82) is 0 Å². The number of benzene rings is 1. The summed E-state index contributed by atoms with van der Waals surface area (Å²) >= 11 is 0. The molecule has 1 N–H and O–H groups in total. The second kappa shape index (κ2) is 7.56. The number of terminal acetylenes is 1. The summed E-state index contributed by atoms with van der Waals surface area (Å²) in [5.74, 6) is 4.07. The van der Waals surface area contributed by atoms with Gasteiger partial charge in [0, 0.05) is 29.7 Å². The molecule has 0 saturated heterocycles. The second-order valence-electron chi connectivity index (χ2n) is 10.4. The topological polar surface area (TPSA) is 54.4 Å². The van der Waals surface area contributed by atoms with E-state index in [1.807, 2.05) is 25.1 Å². The zero-order valence-electron chi connectivity index (χ0n) is 19.1. The summed E-state index contributed by atoms with van der Waals surface area (Å²) in [6.07, 6.45) is 14.0. The Bertz CT molecular complexity index is 1080. The molecule has 4 aliphatic rings. The number of fused-ring (bicyclic) bond motifs is 4. The van der Waals surface area contributed by atoms with Gasteiger partial charge < -0.3 is 5.11 Å². The number of rotatable bonds is 3. The number of hydrogen-bond acceptors (Lipinski definition) is 3. The maximum absolute atomic E-state index is 12.2. The number of aliphatic hydroxyl groups is 1. The van der Waals surface area contributed by atoms with Crippen LogP contribution in [0.3, 0.4) is 0 Å². The lowest BCUT2D eigenvalue weighted by Crippen LogP contribution is -2.50. The third-order valence-corrected chi connectivity index (χ3v) is 9.08. The zero-order valence-corrected chi connectivity index (χ0v) is 19.1. The fraction of sp³-hybridized carbons (Fsp3) is 0.517. The first-order valence-electron chi connectivity index (χ1n) is 12.1. The highest BCUT2D eigenvalue weighted by Crippen LogP contribution is 2.66. The van der Waals surface area contributed by atoms with E-state index in [4.69, 9.17) is 6.42 Å². The monoisotopic (exact) mass is 428 g/mol. The van der Waals surface area contributed by atoms with Gasteiger partial charge in [0.25, 0.3) is 0 Å². The molecule has 0 heterocycles. The molecule has 166 valence electrons. The molecule has 0 amide bonds. The van der Waals surface area contributed by atoms with Crippen LogP contribution in [0.5, 0.6) is 0 Å². The first kappa shape index (κ1) is 21.4. The van der Waals surface area contributed by atoms with Crippen molar-refractivity contribution in [3.05, 3.63) is 58.2 Å². The number of hydrogen-bond donors (Lipinski definition) is 1. The van der Waals surface area contributed by atoms with E-state index >= 15 is 0 Å². The predicted molar refractivity (Wildman–Crippen MR) is 125 cm³/mol. The molecule has 0 bridgehead atoms. The number of carbonyl (C=O) groups is 2. The molecule has 0 unspecified atom stereocenters. The Labute approximate surface area is 191 Å². The van der Waals surface area contributed by atoms with Crippen LogP contribution in [0.1, 0.15) is 87.1 Å². The maximum Gasteiger partial charge on any atom is 0.162 e. The fourth-order valence-corrected chi connectivity index (χ4v) is 7.31. The minimum absolute atomic E-state index is 0.150. The van der Waals surface area contributed by atoms with Gasteiger partial charge in [0.2, 0.25) is 0 Å². The number of carbonyl (C=O) groups excluding carboxylic acids is 2. The Balaban J connectivity index is 1.66. The molecule has 0 spiro atoms. The summed E-state index contributed by atoms with van der Waals surface area (Å²) in [6.45, 7) is 4.08. The minimum atomic E-state index is -1.08. The average molecular weight is 429 g/mol. The molecule has 2 fully saturated rings. The highest BCUT2D eigenvalue weighted by atomic mass is 16.3. The van der Waals surface area contributed by atoms with Crippen molar-refractivity contribution in [2.24, 2.45) is 17.3 Å². The summed E-state index contributed by atoms with van der Waals surface area (Å²) in [5.41, 5.74) is 4.61. The SMILES string of the molecule is C#C[C@]1(O)CC[C@H]2[C@@H]3CCC4=CC(=O)CCC4=C3[C@@H](c3ccc(C(=O)CC)cc3)C[C@@]21C. The van der Waals surface area contributed by atoms with Gasteiger partial charge in [0.15, 0.2) is 11.6 Å². The Morgan fingerprint density at radius 2 is 1.94 bits per heavy atom. The van der Waals surface area contributed by atoms with Gasteiger partial charge >= 0.3 is 0 Å². The maximum atomic E-state index is 12.2. The molecule has 2 saturated carbocycles. The summed E-state index contributed by atoms with van der Waals surface area (Å²) in [5, 5.41) is 11.5. The van der Waals surface area contributed by atoms with Crippen molar-refractivity contribution >= 4 is 11.6 Å².